The Morgan fingerprint density at radius 2 is 1.50 bits per heavy atom. The Morgan fingerprint density at radius 3 is 2.04 bits per heavy atom. The van der Waals surface area contributed by atoms with E-state index in [4.69, 9.17) is 9.29 Å². The molecule has 0 aromatic heterocycles. The van der Waals surface area contributed by atoms with Crippen LogP contribution in [-0.2, 0) is 19.6 Å². The fraction of sp³-hybridized carbons (Fsp3) is 0.842. The van der Waals surface area contributed by atoms with Crippen molar-refractivity contribution < 1.29 is 22.5 Å². The topological polar surface area (TPSA) is 83.9 Å². The molecule has 0 spiro atoms. The molecule has 0 saturated heterocycles. The second-order valence-electron chi connectivity index (χ2n) is 6.80. The van der Waals surface area contributed by atoms with Crippen LogP contribution in [0.4, 0.5) is 0 Å². The lowest BCUT2D eigenvalue weighted by molar-refractivity contribution is -0.127. The first-order valence-electron chi connectivity index (χ1n) is 9.75. The maximum absolute atomic E-state index is 12.0. The molecule has 0 aromatic carbocycles. The van der Waals surface area contributed by atoms with Crippen molar-refractivity contribution in [2.75, 3.05) is 32.1 Å². The number of amides is 1. The first-order valence-corrected chi connectivity index (χ1v) is 11.4. The first kappa shape index (κ1) is 25.1. The van der Waals surface area contributed by atoms with Gasteiger partial charge in [0.25, 0.3) is 10.1 Å². The SMILES string of the molecule is C=C(C)C(=O)N(CCCOCCCCCCCCCC)CCS(=O)(=O)O. The van der Waals surface area contributed by atoms with Crippen LogP contribution >= 0.6 is 0 Å². The molecule has 6 nitrogen and oxygen atoms in total. The zero-order valence-corrected chi connectivity index (χ0v) is 17.4. The quantitative estimate of drug-likeness (QED) is 0.231. The van der Waals surface area contributed by atoms with Crippen LogP contribution in [0.15, 0.2) is 12.2 Å². The normalized spacial score (nSPS) is 11.5. The van der Waals surface area contributed by atoms with Crippen molar-refractivity contribution in [1.82, 2.24) is 4.90 Å². The molecular weight excluding hydrogens is 354 g/mol. The zero-order chi connectivity index (χ0) is 19.8. The highest BCUT2D eigenvalue weighted by Gasteiger charge is 2.16. The van der Waals surface area contributed by atoms with Gasteiger partial charge in [-0.05, 0) is 19.8 Å². The third kappa shape index (κ3) is 15.3. The smallest absolute Gasteiger partial charge is 0.266 e. The van der Waals surface area contributed by atoms with Crippen LogP contribution in [0.1, 0.15) is 71.6 Å². The summed E-state index contributed by atoms with van der Waals surface area (Å²) in [4.78, 5) is 13.4. The molecular formula is C19H37NO5S. The van der Waals surface area contributed by atoms with Gasteiger partial charge in [-0.25, -0.2) is 0 Å². The molecule has 0 saturated carbocycles. The molecule has 0 fully saturated rings. The molecule has 26 heavy (non-hydrogen) atoms. The summed E-state index contributed by atoms with van der Waals surface area (Å²) in [5.74, 6) is -0.762. The predicted molar refractivity (Wildman–Crippen MR) is 106 cm³/mol. The van der Waals surface area contributed by atoms with Crippen LogP contribution in [0.5, 0.6) is 0 Å². The number of carbonyl (C=O) groups excluding carboxylic acids is 1. The van der Waals surface area contributed by atoms with Gasteiger partial charge in [-0.3, -0.25) is 9.35 Å². The maximum Gasteiger partial charge on any atom is 0.266 e. The summed E-state index contributed by atoms with van der Waals surface area (Å²) in [7, 11) is -4.09. The third-order valence-electron chi connectivity index (χ3n) is 4.13. The molecule has 1 N–H and O–H groups in total. The average Bonchev–Trinajstić information content (AvgIpc) is 2.56. The summed E-state index contributed by atoms with van der Waals surface area (Å²) in [6.07, 6.45) is 10.7. The van der Waals surface area contributed by atoms with E-state index in [-0.39, 0.29) is 12.5 Å². The minimum atomic E-state index is -4.09. The molecule has 0 aromatic rings. The monoisotopic (exact) mass is 391 g/mol. The first-order chi connectivity index (χ1) is 12.3. The standard InChI is InChI=1S/C19H37NO5S/c1-4-5-6-7-8-9-10-11-15-25-16-12-13-20(19(21)18(2)3)14-17-26(22,23)24/h2,4-17H2,1,3H3,(H,22,23,24). The average molecular weight is 392 g/mol. The van der Waals surface area contributed by atoms with Crippen molar-refractivity contribution in [1.29, 1.82) is 0 Å². The number of hydrogen-bond donors (Lipinski definition) is 1. The fourth-order valence-corrected chi connectivity index (χ4v) is 3.06. The van der Waals surface area contributed by atoms with E-state index in [1.807, 2.05) is 0 Å². The molecule has 154 valence electrons. The van der Waals surface area contributed by atoms with Gasteiger partial charge in [0, 0.05) is 31.9 Å². The number of ether oxygens (including phenoxy) is 1. The summed E-state index contributed by atoms with van der Waals surface area (Å²) in [6.45, 7) is 9.00. The van der Waals surface area contributed by atoms with E-state index >= 15 is 0 Å². The summed E-state index contributed by atoms with van der Waals surface area (Å²) < 4.78 is 36.2. The number of carbonyl (C=O) groups is 1. The molecule has 7 heteroatoms. The Bertz CT molecular complexity index is 490. The number of hydrogen-bond acceptors (Lipinski definition) is 4. The van der Waals surface area contributed by atoms with Gasteiger partial charge in [-0.2, -0.15) is 8.42 Å². The molecule has 0 bridgehead atoms. The Kier molecular flexibility index (Phi) is 14.6. The number of rotatable bonds is 17. The van der Waals surface area contributed by atoms with Crippen molar-refractivity contribution in [3.05, 3.63) is 12.2 Å². The highest BCUT2D eigenvalue weighted by Crippen LogP contribution is 2.08. The van der Waals surface area contributed by atoms with Crippen LogP contribution in [-0.4, -0.2) is 55.8 Å². The minimum Gasteiger partial charge on any atom is -0.381 e. The number of nitrogens with zero attached hydrogens (tertiary/aromatic N) is 1. The Balaban J connectivity index is 3.78. The van der Waals surface area contributed by atoms with Crippen molar-refractivity contribution >= 4 is 16.0 Å². The summed E-state index contributed by atoms with van der Waals surface area (Å²) in [5, 5.41) is 0. The van der Waals surface area contributed by atoms with Gasteiger partial charge in [0.1, 0.15) is 0 Å². The molecule has 0 rings (SSSR count). The molecule has 0 aliphatic heterocycles. The van der Waals surface area contributed by atoms with Crippen molar-refractivity contribution in [2.24, 2.45) is 0 Å². The van der Waals surface area contributed by atoms with Crippen molar-refractivity contribution in [2.45, 2.75) is 71.6 Å². The van der Waals surface area contributed by atoms with E-state index < -0.39 is 15.9 Å². The van der Waals surface area contributed by atoms with Gasteiger partial charge in [0.15, 0.2) is 0 Å². The van der Waals surface area contributed by atoms with Gasteiger partial charge in [0.05, 0.1) is 5.75 Å². The highest BCUT2D eigenvalue weighted by atomic mass is 32.2. The maximum atomic E-state index is 12.0. The van der Waals surface area contributed by atoms with E-state index in [1.54, 1.807) is 6.92 Å². The molecule has 0 aliphatic rings. The Morgan fingerprint density at radius 1 is 0.962 bits per heavy atom. The molecule has 0 radical (unpaired) electrons. The van der Waals surface area contributed by atoms with Crippen LogP contribution in [0.25, 0.3) is 0 Å². The lowest BCUT2D eigenvalue weighted by Gasteiger charge is -2.22. The zero-order valence-electron chi connectivity index (χ0n) is 16.5. The largest absolute Gasteiger partial charge is 0.381 e. The highest BCUT2D eigenvalue weighted by molar-refractivity contribution is 7.85. The summed E-state index contributed by atoms with van der Waals surface area (Å²) in [6, 6.07) is 0. The summed E-state index contributed by atoms with van der Waals surface area (Å²) in [5.41, 5.74) is 0.347. The second kappa shape index (κ2) is 15.2. The minimum absolute atomic E-state index is 0.0391. The molecule has 0 heterocycles. The Hall–Kier alpha value is -0.920. The predicted octanol–water partition coefficient (Wildman–Crippen LogP) is 3.83. The van der Waals surface area contributed by atoms with Crippen LogP contribution in [0.2, 0.25) is 0 Å². The van der Waals surface area contributed by atoms with Crippen LogP contribution in [0.3, 0.4) is 0 Å². The second-order valence-corrected chi connectivity index (χ2v) is 8.37. The molecule has 1 amide bonds. The third-order valence-corrected chi connectivity index (χ3v) is 4.83. The van der Waals surface area contributed by atoms with Gasteiger partial charge in [0.2, 0.25) is 5.91 Å². The molecule has 0 aliphatic carbocycles. The fourth-order valence-electron chi connectivity index (χ4n) is 2.61. The van der Waals surface area contributed by atoms with Gasteiger partial charge < -0.3 is 9.64 Å². The van der Waals surface area contributed by atoms with Crippen LogP contribution in [0, 0.1) is 0 Å². The Labute approximate surface area is 159 Å². The van der Waals surface area contributed by atoms with Gasteiger partial charge in [-0.1, -0.05) is 58.4 Å². The number of unbranched alkanes of at least 4 members (excludes halogenated alkanes) is 7. The van der Waals surface area contributed by atoms with Crippen LogP contribution < -0.4 is 0 Å². The molecule has 0 unspecified atom stereocenters. The van der Waals surface area contributed by atoms with Gasteiger partial charge in [-0.15, -0.1) is 0 Å². The van der Waals surface area contributed by atoms with E-state index in [2.05, 4.69) is 13.5 Å². The van der Waals surface area contributed by atoms with Gasteiger partial charge >= 0.3 is 0 Å². The summed E-state index contributed by atoms with van der Waals surface area (Å²) >= 11 is 0. The lowest BCUT2D eigenvalue weighted by atomic mass is 10.1. The van der Waals surface area contributed by atoms with E-state index in [1.165, 1.54) is 49.8 Å². The lowest BCUT2D eigenvalue weighted by Crippen LogP contribution is -2.36. The van der Waals surface area contributed by atoms with E-state index in [0.29, 0.717) is 31.8 Å². The molecule has 0 atom stereocenters. The van der Waals surface area contributed by atoms with Crippen molar-refractivity contribution in [3.63, 3.8) is 0 Å². The van der Waals surface area contributed by atoms with Crippen molar-refractivity contribution in [3.8, 4) is 0 Å². The van der Waals surface area contributed by atoms with E-state index in [9.17, 15) is 13.2 Å². The van der Waals surface area contributed by atoms with E-state index in [0.717, 1.165) is 6.42 Å².